The molecule has 0 radical (unpaired) electrons. The largest absolute Gasteiger partial charge is 0.480 e. The molecule has 2 aromatic carbocycles. The van der Waals surface area contributed by atoms with Gasteiger partial charge in [0.05, 0.1) is 37.6 Å². The number of benzene rings is 2. The molecule has 1 aliphatic carbocycles. The van der Waals surface area contributed by atoms with E-state index >= 15 is 0 Å². The Labute approximate surface area is 220 Å². The fraction of sp³-hybridized carbons (Fsp3) is 0.296. The predicted octanol–water partition coefficient (Wildman–Crippen LogP) is 4.25. The van der Waals surface area contributed by atoms with Crippen molar-refractivity contribution < 1.29 is 23.0 Å². The second-order valence-electron chi connectivity index (χ2n) is 9.28. The smallest absolute Gasteiger partial charge is 0.319 e. The van der Waals surface area contributed by atoms with E-state index in [4.69, 9.17) is 14.6 Å². The van der Waals surface area contributed by atoms with Crippen molar-refractivity contribution in [2.75, 3.05) is 19.5 Å². The van der Waals surface area contributed by atoms with Gasteiger partial charge in [-0.1, -0.05) is 31.0 Å². The lowest BCUT2D eigenvalue weighted by Gasteiger charge is -2.18. The van der Waals surface area contributed by atoms with Crippen LogP contribution < -0.4 is 19.9 Å². The number of primary sulfonamides is 1. The van der Waals surface area contributed by atoms with Crippen molar-refractivity contribution in [2.24, 2.45) is 5.14 Å². The fourth-order valence-corrected chi connectivity index (χ4v) is 5.66. The van der Waals surface area contributed by atoms with Crippen molar-refractivity contribution >= 4 is 32.3 Å². The van der Waals surface area contributed by atoms with Crippen LogP contribution in [0.2, 0.25) is 0 Å². The van der Waals surface area contributed by atoms with E-state index in [0.29, 0.717) is 39.6 Å². The van der Waals surface area contributed by atoms with Gasteiger partial charge < -0.3 is 19.9 Å². The van der Waals surface area contributed by atoms with Gasteiger partial charge in [0.1, 0.15) is 4.90 Å². The van der Waals surface area contributed by atoms with E-state index in [1.165, 1.54) is 33.3 Å². The number of fused-ring (bicyclic) bond motifs is 1. The monoisotopic (exact) mass is 535 g/mol. The average Bonchev–Trinajstić information content (AvgIpc) is 3.47. The molecule has 2 heterocycles. The molecule has 0 saturated heterocycles. The number of nitrogens with two attached hydrogens (primary N) is 1. The molecule has 4 N–H and O–H groups in total. The van der Waals surface area contributed by atoms with Crippen molar-refractivity contribution in [1.82, 2.24) is 15.0 Å². The molecule has 5 rings (SSSR count). The summed E-state index contributed by atoms with van der Waals surface area (Å²) in [5.41, 5.74) is 4.75. The highest BCUT2D eigenvalue weighted by atomic mass is 32.2. The van der Waals surface area contributed by atoms with E-state index in [-0.39, 0.29) is 17.5 Å². The number of aromatic nitrogens is 3. The minimum absolute atomic E-state index is 0.122. The van der Waals surface area contributed by atoms with Crippen LogP contribution in [0.1, 0.15) is 42.7 Å². The van der Waals surface area contributed by atoms with Crippen LogP contribution in [-0.2, 0) is 16.6 Å². The molecule has 0 spiro atoms. The van der Waals surface area contributed by atoms with Gasteiger partial charge in [-0.3, -0.25) is 4.98 Å². The summed E-state index contributed by atoms with van der Waals surface area (Å²) in [6.45, 7) is -0.122. The molecule has 11 heteroatoms. The second-order valence-corrected chi connectivity index (χ2v) is 10.8. The lowest BCUT2D eigenvalue weighted by Crippen LogP contribution is -2.15. The minimum atomic E-state index is -4.10. The number of nitrogens with one attached hydrogen (secondary N) is 1. The quantitative estimate of drug-likeness (QED) is 0.301. The third-order valence-corrected chi connectivity index (χ3v) is 7.78. The molecule has 1 aliphatic rings. The maximum absolute atomic E-state index is 12.5. The molecule has 0 bridgehead atoms. The number of hydrogen-bond acceptors (Lipinski definition) is 9. The lowest BCUT2D eigenvalue weighted by atomic mass is 9.95. The van der Waals surface area contributed by atoms with E-state index in [1.807, 2.05) is 24.3 Å². The zero-order valence-corrected chi connectivity index (χ0v) is 22.0. The number of anilines is 2. The standard InChI is InChI=1S/C27H29N5O5S/c1-36-26-22(13-30-27(32-26)37-2)18-7-8-21-23(12-18)29-14-24(38(28,34)35)25(21)31-20-10-16(15-33)9-19(11-20)17-5-3-4-6-17/h7-14,17,33H,3-6,15H2,1-2H3,(H,29,31)(H2,28,34,35). The molecular formula is C27H29N5O5S. The van der Waals surface area contributed by atoms with E-state index in [0.717, 1.165) is 29.5 Å². The van der Waals surface area contributed by atoms with Crippen LogP contribution in [0.4, 0.5) is 11.4 Å². The van der Waals surface area contributed by atoms with Gasteiger partial charge in [0.2, 0.25) is 15.9 Å². The van der Waals surface area contributed by atoms with Crippen LogP contribution >= 0.6 is 0 Å². The molecule has 1 saturated carbocycles. The number of rotatable bonds is 8. The lowest BCUT2D eigenvalue weighted by molar-refractivity contribution is 0.281. The van der Waals surface area contributed by atoms with Crippen LogP contribution in [0.5, 0.6) is 11.9 Å². The van der Waals surface area contributed by atoms with Gasteiger partial charge in [-0.25, -0.2) is 18.5 Å². The van der Waals surface area contributed by atoms with Crippen LogP contribution in [0.15, 0.2) is 53.7 Å². The number of nitrogens with zero attached hydrogens (tertiary/aromatic N) is 3. The summed E-state index contributed by atoms with van der Waals surface area (Å²) in [6.07, 6.45) is 7.38. The zero-order valence-electron chi connectivity index (χ0n) is 21.1. The average molecular weight is 536 g/mol. The van der Waals surface area contributed by atoms with Crippen molar-refractivity contribution in [3.63, 3.8) is 0 Å². The third-order valence-electron chi connectivity index (χ3n) is 6.85. The first-order valence-corrected chi connectivity index (χ1v) is 13.8. The normalized spacial score (nSPS) is 14.1. The van der Waals surface area contributed by atoms with Gasteiger partial charge >= 0.3 is 6.01 Å². The summed E-state index contributed by atoms with van der Waals surface area (Å²) in [5.74, 6) is 0.745. The van der Waals surface area contributed by atoms with E-state index in [1.54, 1.807) is 18.3 Å². The van der Waals surface area contributed by atoms with E-state index < -0.39 is 10.0 Å². The Morgan fingerprint density at radius 2 is 1.84 bits per heavy atom. The molecule has 1 fully saturated rings. The SMILES string of the molecule is COc1ncc(-c2ccc3c(Nc4cc(CO)cc(C5CCCC5)c4)c(S(N)(=O)=O)cnc3c2)c(OC)n1. The predicted molar refractivity (Wildman–Crippen MR) is 144 cm³/mol. The fourth-order valence-electron chi connectivity index (χ4n) is 5.01. The maximum Gasteiger partial charge on any atom is 0.319 e. The number of sulfonamides is 1. The maximum atomic E-state index is 12.5. The van der Waals surface area contributed by atoms with Crippen molar-refractivity contribution in [1.29, 1.82) is 0 Å². The number of ether oxygens (including phenoxy) is 2. The molecule has 4 aromatic rings. The molecular weight excluding hydrogens is 506 g/mol. The summed E-state index contributed by atoms with van der Waals surface area (Å²) < 4.78 is 35.6. The van der Waals surface area contributed by atoms with Crippen molar-refractivity contribution in [3.8, 4) is 23.0 Å². The van der Waals surface area contributed by atoms with Crippen LogP contribution in [0.25, 0.3) is 22.0 Å². The molecule has 38 heavy (non-hydrogen) atoms. The first-order valence-electron chi connectivity index (χ1n) is 12.2. The Balaban J connectivity index is 1.63. The summed E-state index contributed by atoms with van der Waals surface area (Å²) in [5, 5.41) is 19.3. The number of aliphatic hydroxyl groups excluding tert-OH is 1. The molecule has 0 aliphatic heterocycles. The van der Waals surface area contributed by atoms with Gasteiger partial charge in [-0.2, -0.15) is 4.98 Å². The third kappa shape index (κ3) is 5.13. The summed E-state index contributed by atoms with van der Waals surface area (Å²) in [4.78, 5) is 12.7. The highest BCUT2D eigenvalue weighted by Crippen LogP contribution is 2.39. The van der Waals surface area contributed by atoms with Gasteiger partial charge in [-0.15, -0.1) is 0 Å². The Bertz CT molecular complexity index is 1600. The zero-order chi connectivity index (χ0) is 26.9. The number of pyridine rings is 1. The minimum Gasteiger partial charge on any atom is -0.480 e. The molecule has 0 atom stereocenters. The van der Waals surface area contributed by atoms with Crippen molar-refractivity contribution in [2.45, 2.75) is 43.1 Å². The van der Waals surface area contributed by atoms with Gasteiger partial charge in [0, 0.05) is 23.5 Å². The molecule has 198 valence electrons. The number of methoxy groups -OCH3 is 2. The summed E-state index contributed by atoms with van der Waals surface area (Å²) in [7, 11) is -1.12. The highest BCUT2D eigenvalue weighted by molar-refractivity contribution is 7.89. The van der Waals surface area contributed by atoms with Gasteiger partial charge in [-0.05, 0) is 53.6 Å². The molecule has 0 unspecified atom stereocenters. The summed E-state index contributed by atoms with van der Waals surface area (Å²) >= 11 is 0. The Morgan fingerprint density at radius 1 is 1.05 bits per heavy atom. The highest BCUT2D eigenvalue weighted by Gasteiger charge is 2.22. The van der Waals surface area contributed by atoms with Crippen molar-refractivity contribution in [3.05, 3.63) is 59.9 Å². The molecule has 0 amide bonds. The first-order chi connectivity index (χ1) is 18.3. The Morgan fingerprint density at radius 3 is 2.53 bits per heavy atom. The van der Waals surface area contributed by atoms with Crippen LogP contribution in [0.3, 0.4) is 0 Å². The van der Waals surface area contributed by atoms with Crippen LogP contribution in [-0.4, -0.2) is 42.7 Å². The Kier molecular flexibility index (Phi) is 7.15. The summed E-state index contributed by atoms with van der Waals surface area (Å²) in [6, 6.07) is 11.4. The van der Waals surface area contributed by atoms with Gasteiger partial charge in [0.15, 0.2) is 0 Å². The number of aliphatic hydroxyl groups is 1. The molecule has 10 nitrogen and oxygen atoms in total. The molecule has 2 aromatic heterocycles. The first kappa shape index (κ1) is 25.8. The number of hydrogen-bond donors (Lipinski definition) is 3. The topological polar surface area (TPSA) is 150 Å². The van der Waals surface area contributed by atoms with E-state index in [2.05, 4.69) is 20.3 Å². The Hall–Kier alpha value is -3.80. The second kappa shape index (κ2) is 10.5. The van der Waals surface area contributed by atoms with Gasteiger partial charge in [0.25, 0.3) is 0 Å². The van der Waals surface area contributed by atoms with E-state index in [9.17, 15) is 13.5 Å². The van der Waals surface area contributed by atoms with Crippen LogP contribution in [0, 0.1) is 0 Å².